The fourth-order valence-corrected chi connectivity index (χ4v) is 2.98. The molecule has 0 bridgehead atoms. The van der Waals surface area contributed by atoms with Crippen molar-refractivity contribution in [2.75, 3.05) is 19.0 Å². The van der Waals surface area contributed by atoms with Crippen LogP contribution >= 0.6 is 15.9 Å². The molecule has 5 heteroatoms. The number of esters is 1. The number of hydrogen-bond acceptors (Lipinski definition) is 3. The Morgan fingerprint density at radius 1 is 1.40 bits per heavy atom. The Labute approximate surface area is 127 Å². The van der Waals surface area contributed by atoms with Gasteiger partial charge in [-0.05, 0) is 23.5 Å². The number of halogens is 1. The summed E-state index contributed by atoms with van der Waals surface area (Å²) in [4.78, 5) is 25.3. The topological polar surface area (TPSA) is 46.6 Å². The number of nitrogens with zero attached hydrogens (tertiary/aromatic N) is 1. The highest BCUT2D eigenvalue weighted by Crippen LogP contribution is 2.31. The van der Waals surface area contributed by atoms with Gasteiger partial charge in [-0.3, -0.25) is 9.59 Å². The third-order valence-corrected chi connectivity index (χ3v) is 4.19. The standard InChI is InChI=1S/C15H18BrNO3/c1-20-15(19)8-11-6-7-17(14(18)9-16)10-12-4-2-3-5-13(11)12/h2-5,11H,6-10H2,1H3. The summed E-state index contributed by atoms with van der Waals surface area (Å²) in [6.07, 6.45) is 1.15. The summed E-state index contributed by atoms with van der Waals surface area (Å²) in [5.74, 6) is -0.00429. The van der Waals surface area contributed by atoms with E-state index in [4.69, 9.17) is 4.74 Å². The average molecular weight is 340 g/mol. The molecule has 1 aliphatic heterocycles. The van der Waals surface area contributed by atoms with Gasteiger partial charge in [-0.15, -0.1) is 0 Å². The first-order chi connectivity index (χ1) is 9.65. The van der Waals surface area contributed by atoms with Crippen LogP contribution in [0.3, 0.4) is 0 Å². The molecule has 20 heavy (non-hydrogen) atoms. The number of amides is 1. The van der Waals surface area contributed by atoms with Crippen LogP contribution in [-0.4, -0.2) is 35.8 Å². The summed E-state index contributed by atoms with van der Waals surface area (Å²) in [5, 5.41) is 0.330. The maximum absolute atomic E-state index is 11.9. The molecule has 0 radical (unpaired) electrons. The van der Waals surface area contributed by atoms with Crippen molar-refractivity contribution in [1.82, 2.24) is 4.90 Å². The van der Waals surface area contributed by atoms with Gasteiger partial charge in [0.2, 0.25) is 5.91 Å². The van der Waals surface area contributed by atoms with Crippen LogP contribution in [0, 0.1) is 0 Å². The molecule has 0 saturated carbocycles. The second-order valence-electron chi connectivity index (χ2n) is 4.91. The summed E-state index contributed by atoms with van der Waals surface area (Å²) >= 11 is 3.22. The fourth-order valence-electron chi connectivity index (χ4n) is 2.62. The molecule has 2 rings (SSSR count). The molecular formula is C15H18BrNO3. The van der Waals surface area contributed by atoms with E-state index in [1.807, 2.05) is 29.2 Å². The smallest absolute Gasteiger partial charge is 0.306 e. The van der Waals surface area contributed by atoms with Crippen LogP contribution in [0.25, 0.3) is 0 Å². The SMILES string of the molecule is COC(=O)CC1CCN(C(=O)CBr)Cc2ccccc21. The number of alkyl halides is 1. The number of fused-ring (bicyclic) bond motifs is 1. The highest BCUT2D eigenvalue weighted by atomic mass is 79.9. The molecule has 0 fully saturated rings. The maximum atomic E-state index is 11.9. The molecule has 1 amide bonds. The first-order valence-corrected chi connectivity index (χ1v) is 7.76. The van der Waals surface area contributed by atoms with Crippen molar-refractivity contribution in [2.45, 2.75) is 25.3 Å². The molecule has 1 unspecified atom stereocenters. The van der Waals surface area contributed by atoms with Crippen molar-refractivity contribution in [2.24, 2.45) is 0 Å². The third kappa shape index (κ3) is 3.39. The number of ether oxygens (including phenoxy) is 1. The maximum Gasteiger partial charge on any atom is 0.306 e. The normalized spacial score (nSPS) is 18.1. The van der Waals surface area contributed by atoms with Gasteiger partial charge in [0, 0.05) is 13.1 Å². The Bertz CT molecular complexity index is 504. The van der Waals surface area contributed by atoms with Gasteiger partial charge in [-0.1, -0.05) is 40.2 Å². The van der Waals surface area contributed by atoms with Crippen LogP contribution in [0.1, 0.15) is 29.9 Å². The number of carbonyl (C=O) groups excluding carboxylic acids is 2. The number of rotatable bonds is 3. The van der Waals surface area contributed by atoms with Gasteiger partial charge >= 0.3 is 5.97 Å². The molecule has 1 heterocycles. The molecule has 108 valence electrons. The van der Waals surface area contributed by atoms with E-state index < -0.39 is 0 Å². The zero-order valence-electron chi connectivity index (χ0n) is 11.5. The minimum Gasteiger partial charge on any atom is -0.469 e. The second-order valence-corrected chi connectivity index (χ2v) is 5.47. The van der Waals surface area contributed by atoms with Gasteiger partial charge in [-0.2, -0.15) is 0 Å². The molecule has 1 aliphatic rings. The van der Waals surface area contributed by atoms with Crippen molar-refractivity contribution in [3.8, 4) is 0 Å². The quantitative estimate of drug-likeness (QED) is 0.627. The highest BCUT2D eigenvalue weighted by molar-refractivity contribution is 9.09. The average Bonchev–Trinajstić information content (AvgIpc) is 2.66. The fraction of sp³-hybridized carbons (Fsp3) is 0.467. The monoisotopic (exact) mass is 339 g/mol. The van der Waals surface area contributed by atoms with E-state index in [9.17, 15) is 9.59 Å². The Kier molecular flexibility index (Phi) is 5.17. The Balaban J connectivity index is 2.25. The lowest BCUT2D eigenvalue weighted by Gasteiger charge is -2.19. The van der Waals surface area contributed by atoms with E-state index in [0.717, 1.165) is 17.5 Å². The molecule has 4 nitrogen and oxygen atoms in total. The van der Waals surface area contributed by atoms with Gasteiger partial charge < -0.3 is 9.64 Å². The van der Waals surface area contributed by atoms with Gasteiger partial charge in [0.15, 0.2) is 0 Å². The van der Waals surface area contributed by atoms with Crippen molar-refractivity contribution < 1.29 is 14.3 Å². The highest BCUT2D eigenvalue weighted by Gasteiger charge is 2.26. The number of benzene rings is 1. The van der Waals surface area contributed by atoms with Gasteiger partial charge in [0.1, 0.15) is 0 Å². The first-order valence-electron chi connectivity index (χ1n) is 6.64. The van der Waals surface area contributed by atoms with E-state index in [-0.39, 0.29) is 17.8 Å². The van der Waals surface area contributed by atoms with Crippen LogP contribution in [-0.2, 0) is 20.9 Å². The van der Waals surface area contributed by atoms with Gasteiger partial charge in [0.25, 0.3) is 0 Å². The van der Waals surface area contributed by atoms with Crippen molar-refractivity contribution in [3.05, 3.63) is 35.4 Å². The van der Waals surface area contributed by atoms with Crippen LogP contribution in [0.2, 0.25) is 0 Å². The molecule has 0 aromatic heterocycles. The Morgan fingerprint density at radius 2 is 2.15 bits per heavy atom. The second kappa shape index (κ2) is 6.88. The predicted octanol–water partition coefficient (Wildman–Crippen LogP) is 2.46. The van der Waals surface area contributed by atoms with Gasteiger partial charge in [-0.25, -0.2) is 0 Å². The van der Waals surface area contributed by atoms with Crippen molar-refractivity contribution in [3.63, 3.8) is 0 Å². The summed E-state index contributed by atoms with van der Waals surface area (Å²) in [5.41, 5.74) is 2.27. The summed E-state index contributed by atoms with van der Waals surface area (Å²) in [6.45, 7) is 1.28. The Morgan fingerprint density at radius 3 is 2.85 bits per heavy atom. The molecular weight excluding hydrogens is 322 g/mol. The summed E-state index contributed by atoms with van der Waals surface area (Å²) in [7, 11) is 1.41. The number of hydrogen-bond donors (Lipinski definition) is 0. The molecule has 1 atom stereocenters. The zero-order valence-corrected chi connectivity index (χ0v) is 13.1. The Hall–Kier alpha value is -1.36. The van der Waals surface area contributed by atoms with E-state index in [1.165, 1.54) is 7.11 Å². The van der Waals surface area contributed by atoms with Crippen LogP contribution in [0.15, 0.2) is 24.3 Å². The number of methoxy groups -OCH3 is 1. The minimum absolute atomic E-state index is 0.0820. The minimum atomic E-state index is -0.204. The predicted molar refractivity (Wildman–Crippen MR) is 79.6 cm³/mol. The van der Waals surface area contributed by atoms with E-state index >= 15 is 0 Å². The first kappa shape index (κ1) is 15.0. The molecule has 1 aromatic carbocycles. The molecule has 1 aromatic rings. The van der Waals surface area contributed by atoms with Crippen LogP contribution in [0.5, 0.6) is 0 Å². The molecule has 0 N–H and O–H groups in total. The number of carbonyl (C=O) groups is 2. The lowest BCUT2D eigenvalue weighted by molar-refractivity contribution is -0.141. The third-order valence-electron chi connectivity index (χ3n) is 3.71. The lowest BCUT2D eigenvalue weighted by Crippen LogP contribution is -2.31. The van der Waals surface area contributed by atoms with Crippen molar-refractivity contribution in [1.29, 1.82) is 0 Å². The molecule has 0 spiro atoms. The lowest BCUT2D eigenvalue weighted by atomic mass is 9.90. The van der Waals surface area contributed by atoms with Crippen LogP contribution in [0.4, 0.5) is 0 Å². The molecule has 0 aliphatic carbocycles. The van der Waals surface area contributed by atoms with Gasteiger partial charge in [0.05, 0.1) is 18.9 Å². The largest absolute Gasteiger partial charge is 0.469 e. The van der Waals surface area contributed by atoms with E-state index in [1.54, 1.807) is 0 Å². The summed E-state index contributed by atoms with van der Waals surface area (Å²) < 4.78 is 4.78. The van der Waals surface area contributed by atoms with Crippen LogP contribution < -0.4 is 0 Å². The van der Waals surface area contributed by atoms with Crippen molar-refractivity contribution >= 4 is 27.8 Å². The van der Waals surface area contributed by atoms with E-state index in [2.05, 4.69) is 15.9 Å². The zero-order chi connectivity index (χ0) is 14.5. The molecule has 0 saturated heterocycles. The van der Waals surface area contributed by atoms with E-state index in [0.29, 0.717) is 24.8 Å². The summed E-state index contributed by atoms with van der Waals surface area (Å²) in [6, 6.07) is 8.02.